The summed E-state index contributed by atoms with van der Waals surface area (Å²) in [5.41, 5.74) is 2.15. The molecule has 0 spiro atoms. The Labute approximate surface area is 139 Å². The van der Waals surface area contributed by atoms with Gasteiger partial charge in [-0.3, -0.25) is 5.01 Å². The third-order valence-corrected chi connectivity index (χ3v) is 3.23. The fourth-order valence-corrected chi connectivity index (χ4v) is 2.19. The lowest BCUT2D eigenvalue weighted by molar-refractivity contribution is -0.0802. The lowest BCUT2D eigenvalue weighted by Gasteiger charge is -2.19. The van der Waals surface area contributed by atoms with Crippen molar-refractivity contribution < 1.29 is 13.2 Å². The van der Waals surface area contributed by atoms with Gasteiger partial charge >= 0.3 is 6.18 Å². The van der Waals surface area contributed by atoms with E-state index in [0.717, 1.165) is 11.1 Å². The fourth-order valence-electron chi connectivity index (χ4n) is 2.19. The minimum atomic E-state index is -4.33. The average Bonchev–Trinajstić information content (AvgIpc) is 2.53. The first-order valence-electron chi connectivity index (χ1n) is 7.55. The highest BCUT2D eigenvalue weighted by Gasteiger charge is 2.23. The van der Waals surface area contributed by atoms with Crippen molar-refractivity contribution in [3.8, 4) is 0 Å². The molecule has 2 rings (SSSR count). The van der Waals surface area contributed by atoms with Gasteiger partial charge in [0.15, 0.2) is 0 Å². The number of allylic oxidation sites excluding steroid dienone is 2. The van der Waals surface area contributed by atoms with Crippen LogP contribution >= 0.6 is 0 Å². The molecule has 126 valence electrons. The number of hydrogen-bond acceptors (Lipinski definition) is 2. The maximum absolute atomic E-state index is 12.4. The zero-order valence-electron chi connectivity index (χ0n) is 13.4. The molecule has 2 aromatic carbocycles. The third-order valence-electron chi connectivity index (χ3n) is 3.23. The molecule has 0 fully saturated rings. The van der Waals surface area contributed by atoms with E-state index in [-0.39, 0.29) is 11.6 Å². The van der Waals surface area contributed by atoms with Gasteiger partial charge < -0.3 is 0 Å². The summed E-state index contributed by atoms with van der Waals surface area (Å²) in [5, 5.41) is 5.99. The molecule has 0 unspecified atom stereocenters. The number of alkyl halides is 3. The number of halogens is 3. The maximum Gasteiger partial charge on any atom is 0.410 e. The van der Waals surface area contributed by atoms with Gasteiger partial charge in [0.05, 0.1) is 13.1 Å². The van der Waals surface area contributed by atoms with Gasteiger partial charge in [0.2, 0.25) is 0 Å². The molecule has 0 atom stereocenters. The number of nitrogens with zero attached hydrogens (tertiary/aromatic N) is 2. The molecule has 0 aliphatic rings. The van der Waals surface area contributed by atoms with Crippen LogP contribution in [0.3, 0.4) is 0 Å². The lowest BCUT2D eigenvalue weighted by atomic mass is 10.2. The molecule has 0 aliphatic carbocycles. The first kappa shape index (κ1) is 17.8. The highest BCUT2D eigenvalue weighted by molar-refractivity contribution is 5.77. The smallest absolute Gasteiger partial charge is 0.288 e. The normalized spacial score (nSPS) is 12.6. The van der Waals surface area contributed by atoms with Gasteiger partial charge in [0.1, 0.15) is 0 Å². The summed E-state index contributed by atoms with van der Waals surface area (Å²) >= 11 is 0. The van der Waals surface area contributed by atoms with Crippen LogP contribution in [0.15, 0.2) is 77.4 Å². The second-order valence-corrected chi connectivity index (χ2v) is 5.47. The van der Waals surface area contributed by atoms with Gasteiger partial charge in [-0.15, -0.1) is 0 Å². The minimum Gasteiger partial charge on any atom is -0.288 e. The Morgan fingerprint density at radius 1 is 0.917 bits per heavy atom. The molecule has 24 heavy (non-hydrogen) atoms. The SMILES string of the molecule is CC(/C=N\N(Cc1ccccc1)Cc1ccccc1)=C/C(F)(F)F. The quantitative estimate of drug-likeness (QED) is 0.525. The summed E-state index contributed by atoms with van der Waals surface area (Å²) < 4.78 is 37.1. The first-order valence-corrected chi connectivity index (χ1v) is 7.55. The Kier molecular flexibility index (Phi) is 6.18. The van der Waals surface area contributed by atoms with Crippen molar-refractivity contribution in [1.29, 1.82) is 0 Å². The van der Waals surface area contributed by atoms with Crippen molar-refractivity contribution in [2.75, 3.05) is 0 Å². The molecule has 0 bridgehead atoms. The Hall–Kier alpha value is -2.56. The van der Waals surface area contributed by atoms with E-state index in [1.165, 1.54) is 13.1 Å². The molecule has 0 radical (unpaired) electrons. The van der Waals surface area contributed by atoms with Crippen LogP contribution in [0.1, 0.15) is 18.1 Å². The van der Waals surface area contributed by atoms with Gasteiger partial charge in [0.25, 0.3) is 0 Å². The average molecular weight is 332 g/mol. The number of rotatable bonds is 6. The second kappa shape index (κ2) is 8.34. The van der Waals surface area contributed by atoms with Crippen molar-refractivity contribution in [3.05, 3.63) is 83.4 Å². The molecule has 2 aromatic rings. The molecule has 0 N–H and O–H groups in total. The molecule has 0 aromatic heterocycles. The number of hydrazone groups is 1. The van der Waals surface area contributed by atoms with Crippen LogP contribution in [0, 0.1) is 0 Å². The Balaban J connectivity index is 2.14. The van der Waals surface area contributed by atoms with Gasteiger partial charge in [-0.2, -0.15) is 18.3 Å². The highest BCUT2D eigenvalue weighted by Crippen LogP contribution is 2.18. The summed E-state index contributed by atoms with van der Waals surface area (Å²) in [6, 6.07) is 19.4. The molecule has 2 nitrogen and oxygen atoms in total. The Bertz CT molecular complexity index is 635. The van der Waals surface area contributed by atoms with E-state index in [4.69, 9.17) is 0 Å². The van der Waals surface area contributed by atoms with E-state index in [0.29, 0.717) is 13.1 Å². The fraction of sp³-hybridized carbons (Fsp3) is 0.211. The van der Waals surface area contributed by atoms with E-state index >= 15 is 0 Å². The number of benzene rings is 2. The largest absolute Gasteiger partial charge is 0.410 e. The van der Waals surface area contributed by atoms with Crippen molar-refractivity contribution >= 4 is 6.21 Å². The van der Waals surface area contributed by atoms with Gasteiger partial charge in [-0.05, 0) is 23.6 Å². The Morgan fingerprint density at radius 2 is 1.38 bits per heavy atom. The number of hydrogen-bond donors (Lipinski definition) is 0. The molecular formula is C19H19F3N2. The van der Waals surface area contributed by atoms with E-state index in [9.17, 15) is 13.2 Å². The van der Waals surface area contributed by atoms with Gasteiger partial charge in [0, 0.05) is 12.3 Å². The van der Waals surface area contributed by atoms with E-state index in [1.54, 1.807) is 5.01 Å². The molecule has 5 heteroatoms. The summed E-state index contributed by atoms with van der Waals surface area (Å²) in [4.78, 5) is 0. The molecular weight excluding hydrogens is 313 g/mol. The van der Waals surface area contributed by atoms with Gasteiger partial charge in [-0.1, -0.05) is 60.7 Å². The van der Waals surface area contributed by atoms with Crippen molar-refractivity contribution in [2.45, 2.75) is 26.2 Å². The van der Waals surface area contributed by atoms with Gasteiger partial charge in [-0.25, -0.2) is 0 Å². The monoisotopic (exact) mass is 332 g/mol. The summed E-state index contributed by atoms with van der Waals surface area (Å²) in [6.45, 7) is 2.43. The maximum atomic E-state index is 12.4. The summed E-state index contributed by atoms with van der Waals surface area (Å²) in [6.07, 6.45) is -2.83. The lowest BCUT2D eigenvalue weighted by Crippen LogP contribution is -2.17. The van der Waals surface area contributed by atoms with E-state index < -0.39 is 6.18 Å². The van der Waals surface area contributed by atoms with Crippen LogP contribution in [0.2, 0.25) is 0 Å². The zero-order chi connectivity index (χ0) is 17.4. The molecule has 0 saturated heterocycles. The van der Waals surface area contributed by atoms with Crippen LogP contribution in [-0.4, -0.2) is 17.4 Å². The van der Waals surface area contributed by atoms with Crippen LogP contribution in [-0.2, 0) is 13.1 Å². The van der Waals surface area contributed by atoms with Crippen LogP contribution < -0.4 is 0 Å². The molecule has 0 amide bonds. The van der Waals surface area contributed by atoms with E-state index in [1.807, 2.05) is 60.7 Å². The van der Waals surface area contributed by atoms with Crippen LogP contribution in [0.4, 0.5) is 13.2 Å². The molecule has 0 heterocycles. The second-order valence-electron chi connectivity index (χ2n) is 5.47. The van der Waals surface area contributed by atoms with E-state index in [2.05, 4.69) is 5.10 Å². The van der Waals surface area contributed by atoms with Crippen molar-refractivity contribution in [1.82, 2.24) is 5.01 Å². The van der Waals surface area contributed by atoms with Crippen LogP contribution in [0.5, 0.6) is 0 Å². The summed E-state index contributed by atoms with van der Waals surface area (Å²) in [5.74, 6) is 0. The summed E-state index contributed by atoms with van der Waals surface area (Å²) in [7, 11) is 0. The first-order chi connectivity index (χ1) is 11.4. The topological polar surface area (TPSA) is 15.6 Å². The van der Waals surface area contributed by atoms with Crippen LogP contribution in [0.25, 0.3) is 0 Å². The molecule has 0 aliphatic heterocycles. The minimum absolute atomic E-state index is 0.0635. The van der Waals surface area contributed by atoms with Crippen molar-refractivity contribution in [3.63, 3.8) is 0 Å². The van der Waals surface area contributed by atoms with Crippen molar-refractivity contribution in [2.24, 2.45) is 5.10 Å². The molecule has 0 saturated carbocycles. The standard InChI is InChI=1S/C19H19F3N2/c1-16(12-19(20,21)22)13-23-24(14-17-8-4-2-5-9-17)15-18-10-6-3-7-11-18/h2-13H,14-15H2,1H3/b16-12-,23-13-. The zero-order valence-corrected chi connectivity index (χ0v) is 13.4. The third kappa shape index (κ3) is 6.69. The predicted molar refractivity (Wildman–Crippen MR) is 90.4 cm³/mol. The highest BCUT2D eigenvalue weighted by atomic mass is 19.4. The Morgan fingerprint density at radius 3 is 1.79 bits per heavy atom. The predicted octanol–water partition coefficient (Wildman–Crippen LogP) is 5.18.